The van der Waals surface area contributed by atoms with Crippen molar-refractivity contribution in [2.75, 3.05) is 24.4 Å². The second-order valence-corrected chi connectivity index (χ2v) is 6.33. The summed E-state index contributed by atoms with van der Waals surface area (Å²) in [6.45, 7) is 3.71. The Balaban J connectivity index is 2.36. The summed E-state index contributed by atoms with van der Waals surface area (Å²) < 4.78 is 10.9. The van der Waals surface area contributed by atoms with Gasteiger partial charge < -0.3 is 20.5 Å². The minimum atomic E-state index is -0.624. The Morgan fingerprint density at radius 2 is 1.72 bits per heavy atom. The van der Waals surface area contributed by atoms with Gasteiger partial charge in [0.25, 0.3) is 0 Å². The molecule has 0 aliphatic heterocycles. The van der Waals surface area contributed by atoms with Gasteiger partial charge in [0.05, 0.1) is 14.2 Å². The van der Waals surface area contributed by atoms with Crippen molar-refractivity contribution >= 4 is 34.0 Å². The molecule has 2 aromatic carbocycles. The third-order valence-corrected chi connectivity index (χ3v) is 4.49. The molecule has 0 spiro atoms. The molecule has 7 heteroatoms. The van der Waals surface area contributed by atoms with Crippen molar-refractivity contribution in [3.05, 3.63) is 60.4 Å². The largest absolute Gasteiger partial charge is 0.493 e. The van der Waals surface area contributed by atoms with Crippen molar-refractivity contribution in [1.82, 2.24) is 4.98 Å². The first-order valence-corrected chi connectivity index (χ1v) is 9.10. The van der Waals surface area contributed by atoms with Gasteiger partial charge in [0, 0.05) is 28.4 Å². The molecule has 3 N–H and O–H groups in total. The SMILES string of the molecule is CC=CN(C(N)=O)c1c(Nc2ccccc2)nc(C)c2cc(OC)c(OC)cc12. The summed E-state index contributed by atoms with van der Waals surface area (Å²) in [4.78, 5) is 18.4. The molecule has 1 aromatic heterocycles. The standard InChI is InChI=1S/C22H24N4O3/c1-5-11-26(22(23)27)20-17-13-19(29-4)18(28-3)12-16(17)14(2)24-21(20)25-15-9-7-6-8-10-15/h5-13H,1-4H3,(H2,23,27)(H,24,25). The van der Waals surface area contributed by atoms with Crippen LogP contribution in [0.15, 0.2) is 54.7 Å². The molecule has 0 fully saturated rings. The predicted molar refractivity (Wildman–Crippen MR) is 116 cm³/mol. The normalized spacial score (nSPS) is 10.9. The lowest BCUT2D eigenvalue weighted by Gasteiger charge is -2.23. The fraction of sp³-hybridized carbons (Fsp3) is 0.182. The molecule has 0 unspecified atom stereocenters. The number of fused-ring (bicyclic) bond motifs is 1. The molecule has 7 nitrogen and oxygen atoms in total. The number of nitrogens with two attached hydrogens (primary N) is 1. The number of primary amides is 1. The van der Waals surface area contributed by atoms with Gasteiger partial charge in [-0.25, -0.2) is 9.78 Å². The molecule has 1 heterocycles. The summed E-state index contributed by atoms with van der Waals surface area (Å²) in [5.74, 6) is 1.63. The van der Waals surface area contributed by atoms with Crippen LogP contribution in [0.5, 0.6) is 11.5 Å². The number of para-hydroxylation sites is 1. The van der Waals surface area contributed by atoms with Crippen LogP contribution in [0.25, 0.3) is 10.8 Å². The number of anilines is 3. The zero-order chi connectivity index (χ0) is 21.0. The van der Waals surface area contributed by atoms with E-state index in [4.69, 9.17) is 20.2 Å². The van der Waals surface area contributed by atoms with Crippen molar-refractivity contribution in [2.45, 2.75) is 13.8 Å². The number of urea groups is 1. The fourth-order valence-corrected chi connectivity index (χ4v) is 3.18. The smallest absolute Gasteiger partial charge is 0.323 e. The van der Waals surface area contributed by atoms with Crippen molar-refractivity contribution in [3.63, 3.8) is 0 Å². The van der Waals surface area contributed by atoms with Gasteiger partial charge in [0.2, 0.25) is 0 Å². The van der Waals surface area contributed by atoms with Crippen molar-refractivity contribution in [2.24, 2.45) is 5.73 Å². The average Bonchev–Trinajstić information content (AvgIpc) is 2.72. The summed E-state index contributed by atoms with van der Waals surface area (Å²) in [6.07, 6.45) is 3.35. The number of benzene rings is 2. The number of ether oxygens (including phenoxy) is 2. The number of amides is 2. The molecule has 3 aromatic rings. The highest BCUT2D eigenvalue weighted by Gasteiger charge is 2.22. The maximum absolute atomic E-state index is 12.3. The van der Waals surface area contributed by atoms with E-state index in [1.54, 1.807) is 26.5 Å². The van der Waals surface area contributed by atoms with E-state index >= 15 is 0 Å². The monoisotopic (exact) mass is 392 g/mol. The van der Waals surface area contributed by atoms with E-state index in [1.165, 1.54) is 4.90 Å². The number of allylic oxidation sites excluding steroid dienone is 1. The van der Waals surface area contributed by atoms with E-state index in [2.05, 4.69) is 5.32 Å². The lowest BCUT2D eigenvalue weighted by Crippen LogP contribution is -2.32. The number of aromatic nitrogens is 1. The average molecular weight is 392 g/mol. The zero-order valence-electron chi connectivity index (χ0n) is 16.9. The molecule has 2 amide bonds. The molecule has 0 saturated heterocycles. The number of rotatable bonds is 6. The number of hydrogen-bond acceptors (Lipinski definition) is 5. The van der Waals surface area contributed by atoms with E-state index < -0.39 is 6.03 Å². The van der Waals surface area contributed by atoms with Gasteiger partial charge in [-0.3, -0.25) is 4.90 Å². The Kier molecular flexibility index (Phi) is 5.87. The third-order valence-electron chi connectivity index (χ3n) is 4.49. The molecular weight excluding hydrogens is 368 g/mol. The van der Waals surface area contributed by atoms with Crippen LogP contribution in [-0.2, 0) is 0 Å². The first-order valence-electron chi connectivity index (χ1n) is 9.10. The second kappa shape index (κ2) is 8.52. The van der Waals surface area contributed by atoms with Crippen LogP contribution in [0.4, 0.5) is 22.0 Å². The second-order valence-electron chi connectivity index (χ2n) is 6.33. The van der Waals surface area contributed by atoms with E-state index in [9.17, 15) is 4.79 Å². The van der Waals surface area contributed by atoms with E-state index in [0.29, 0.717) is 23.0 Å². The quantitative estimate of drug-likeness (QED) is 0.633. The molecule has 3 rings (SSSR count). The van der Waals surface area contributed by atoms with Crippen LogP contribution in [0.1, 0.15) is 12.6 Å². The Bertz CT molecular complexity index is 1060. The summed E-state index contributed by atoms with van der Waals surface area (Å²) in [5.41, 5.74) is 7.84. The minimum absolute atomic E-state index is 0.505. The Morgan fingerprint density at radius 1 is 1.10 bits per heavy atom. The predicted octanol–water partition coefficient (Wildman–Crippen LogP) is 4.72. The zero-order valence-corrected chi connectivity index (χ0v) is 16.9. The molecule has 0 atom stereocenters. The molecular formula is C22H24N4O3. The van der Waals surface area contributed by atoms with Crippen molar-refractivity contribution in [3.8, 4) is 11.5 Å². The van der Waals surface area contributed by atoms with Crippen LogP contribution in [0.2, 0.25) is 0 Å². The number of carbonyl (C=O) groups is 1. The third kappa shape index (κ3) is 3.94. The molecule has 0 radical (unpaired) electrons. The Hall–Kier alpha value is -3.74. The first kappa shape index (κ1) is 20.0. The van der Waals surface area contributed by atoms with E-state index in [-0.39, 0.29) is 0 Å². The molecule has 0 aliphatic carbocycles. The number of aryl methyl sites for hydroxylation is 1. The van der Waals surface area contributed by atoms with Crippen LogP contribution in [0.3, 0.4) is 0 Å². The molecule has 150 valence electrons. The van der Waals surface area contributed by atoms with Crippen molar-refractivity contribution < 1.29 is 14.3 Å². The first-order chi connectivity index (χ1) is 14.0. The highest BCUT2D eigenvalue weighted by atomic mass is 16.5. The highest BCUT2D eigenvalue weighted by Crippen LogP contribution is 2.41. The van der Waals surface area contributed by atoms with E-state index in [1.807, 2.05) is 56.3 Å². The van der Waals surface area contributed by atoms with Gasteiger partial charge in [-0.2, -0.15) is 0 Å². The number of methoxy groups -OCH3 is 2. The number of carbonyl (C=O) groups excluding carboxylic acids is 1. The van der Waals surface area contributed by atoms with Gasteiger partial charge in [-0.1, -0.05) is 24.3 Å². The summed E-state index contributed by atoms with van der Waals surface area (Å²) in [5, 5.41) is 4.88. The summed E-state index contributed by atoms with van der Waals surface area (Å²) in [7, 11) is 3.15. The Labute approximate surface area is 169 Å². The highest BCUT2D eigenvalue weighted by molar-refractivity contribution is 6.09. The molecule has 0 bridgehead atoms. The Morgan fingerprint density at radius 3 is 2.28 bits per heavy atom. The van der Waals surface area contributed by atoms with Crippen LogP contribution >= 0.6 is 0 Å². The number of pyridine rings is 1. The number of nitrogens with one attached hydrogen (secondary N) is 1. The number of hydrogen-bond donors (Lipinski definition) is 2. The minimum Gasteiger partial charge on any atom is -0.493 e. The van der Waals surface area contributed by atoms with Gasteiger partial charge in [-0.15, -0.1) is 0 Å². The van der Waals surface area contributed by atoms with Gasteiger partial charge in [0.1, 0.15) is 5.69 Å². The van der Waals surface area contributed by atoms with Crippen LogP contribution < -0.4 is 25.4 Å². The maximum atomic E-state index is 12.3. The summed E-state index contributed by atoms with van der Waals surface area (Å²) in [6, 6.07) is 12.7. The van der Waals surface area contributed by atoms with Crippen LogP contribution in [0, 0.1) is 6.92 Å². The summed E-state index contributed by atoms with van der Waals surface area (Å²) >= 11 is 0. The number of nitrogens with zero attached hydrogens (tertiary/aromatic N) is 2. The van der Waals surface area contributed by atoms with Gasteiger partial charge in [0.15, 0.2) is 17.3 Å². The topological polar surface area (TPSA) is 89.7 Å². The van der Waals surface area contributed by atoms with E-state index in [0.717, 1.165) is 22.2 Å². The van der Waals surface area contributed by atoms with Crippen molar-refractivity contribution in [1.29, 1.82) is 0 Å². The molecule has 29 heavy (non-hydrogen) atoms. The van der Waals surface area contributed by atoms with Gasteiger partial charge in [-0.05, 0) is 38.1 Å². The molecule has 0 aliphatic rings. The lowest BCUT2D eigenvalue weighted by atomic mass is 10.1. The van der Waals surface area contributed by atoms with Gasteiger partial charge >= 0.3 is 6.03 Å². The lowest BCUT2D eigenvalue weighted by molar-refractivity contribution is 0.256. The van der Waals surface area contributed by atoms with Crippen LogP contribution in [-0.4, -0.2) is 25.2 Å². The molecule has 0 saturated carbocycles. The fourth-order valence-electron chi connectivity index (χ4n) is 3.18. The maximum Gasteiger partial charge on any atom is 0.323 e.